The summed E-state index contributed by atoms with van der Waals surface area (Å²) >= 11 is 0. The number of halogens is 2. The third kappa shape index (κ3) is 2.19. The molecule has 1 aliphatic rings. The van der Waals surface area contributed by atoms with E-state index in [0.717, 1.165) is 30.2 Å². The van der Waals surface area contributed by atoms with E-state index in [2.05, 4.69) is 32.5 Å². The van der Waals surface area contributed by atoms with Crippen molar-refractivity contribution in [1.29, 1.82) is 0 Å². The molecule has 1 N–H and O–H groups in total. The first-order valence-electron chi connectivity index (χ1n) is 5.39. The molecule has 0 saturated carbocycles. The summed E-state index contributed by atoms with van der Waals surface area (Å²) in [5.41, 5.74) is 1.89. The highest BCUT2D eigenvalue weighted by Gasteiger charge is 2.22. The number of rotatable bonds is 1. The Morgan fingerprint density at radius 2 is 2.11 bits per heavy atom. The molecular weight excluding hydrogens is 259 g/mol. The van der Waals surface area contributed by atoms with E-state index in [0.29, 0.717) is 18.5 Å². The van der Waals surface area contributed by atoms with E-state index < -0.39 is 5.82 Å². The van der Waals surface area contributed by atoms with Crippen molar-refractivity contribution in [2.45, 2.75) is 25.9 Å². The number of hydrogen-bond donors (Lipinski definition) is 1. The Morgan fingerprint density at radius 1 is 1.39 bits per heavy atom. The van der Waals surface area contributed by atoms with Crippen molar-refractivity contribution < 1.29 is 4.39 Å². The van der Waals surface area contributed by atoms with E-state index in [-0.39, 0.29) is 12.4 Å². The molecule has 0 amide bonds. The Bertz CT molecular complexity index is 540. The first-order chi connectivity index (χ1) is 8.24. The Balaban J connectivity index is 0.00000120. The standard InChI is InChI=1S/C10H11FN6.ClH/c1-6-2-9-8(5-12-6)15-16-17(9)10-13-3-7(11)4-14-10;/h3-4,6,12H,2,5H2,1H3;1H/t6-;/m0./s1. The fourth-order valence-electron chi connectivity index (χ4n) is 1.88. The fraction of sp³-hybridized carbons (Fsp3) is 0.400. The Hall–Kier alpha value is -1.60. The number of nitrogens with one attached hydrogen (secondary N) is 1. The molecule has 18 heavy (non-hydrogen) atoms. The molecule has 0 fully saturated rings. The van der Waals surface area contributed by atoms with Crippen LogP contribution in [0.3, 0.4) is 0 Å². The SMILES string of the molecule is C[C@H]1Cc2c(nnn2-c2ncc(F)cn2)CN1.Cl. The molecule has 0 bridgehead atoms. The molecule has 0 radical (unpaired) electrons. The average Bonchev–Trinajstić information content (AvgIpc) is 2.73. The van der Waals surface area contributed by atoms with Gasteiger partial charge >= 0.3 is 0 Å². The molecule has 0 saturated heterocycles. The topological polar surface area (TPSA) is 68.5 Å². The third-order valence-electron chi connectivity index (χ3n) is 2.76. The van der Waals surface area contributed by atoms with Crippen LogP contribution in [0.5, 0.6) is 0 Å². The van der Waals surface area contributed by atoms with Crippen LogP contribution in [0.2, 0.25) is 0 Å². The molecule has 2 aromatic rings. The minimum Gasteiger partial charge on any atom is -0.308 e. The smallest absolute Gasteiger partial charge is 0.252 e. The van der Waals surface area contributed by atoms with E-state index in [1.54, 1.807) is 4.68 Å². The summed E-state index contributed by atoms with van der Waals surface area (Å²) in [4.78, 5) is 7.82. The monoisotopic (exact) mass is 270 g/mol. The van der Waals surface area contributed by atoms with Gasteiger partial charge in [-0.15, -0.1) is 17.5 Å². The fourth-order valence-corrected chi connectivity index (χ4v) is 1.88. The molecule has 6 nitrogen and oxygen atoms in total. The molecule has 1 aliphatic heterocycles. The van der Waals surface area contributed by atoms with Crippen molar-refractivity contribution in [3.63, 3.8) is 0 Å². The van der Waals surface area contributed by atoms with Crippen LogP contribution in [-0.2, 0) is 13.0 Å². The summed E-state index contributed by atoms with van der Waals surface area (Å²) in [6.07, 6.45) is 3.06. The summed E-state index contributed by atoms with van der Waals surface area (Å²) in [5.74, 6) is -0.105. The molecule has 8 heteroatoms. The van der Waals surface area contributed by atoms with Gasteiger partial charge in [0.15, 0.2) is 5.82 Å². The summed E-state index contributed by atoms with van der Waals surface area (Å²) in [7, 11) is 0. The zero-order chi connectivity index (χ0) is 11.8. The normalized spacial score (nSPS) is 18.0. The lowest BCUT2D eigenvalue weighted by Crippen LogP contribution is -2.33. The van der Waals surface area contributed by atoms with Crippen LogP contribution in [0.15, 0.2) is 12.4 Å². The van der Waals surface area contributed by atoms with Crippen LogP contribution in [0, 0.1) is 5.82 Å². The number of nitrogens with zero attached hydrogens (tertiary/aromatic N) is 5. The molecule has 1 atom stereocenters. The maximum absolute atomic E-state index is 12.7. The summed E-state index contributed by atoms with van der Waals surface area (Å²) in [6.45, 7) is 2.78. The quantitative estimate of drug-likeness (QED) is 0.824. The second-order valence-corrected chi connectivity index (χ2v) is 4.08. The maximum atomic E-state index is 12.7. The number of fused-ring (bicyclic) bond motifs is 1. The molecule has 0 spiro atoms. The van der Waals surface area contributed by atoms with Gasteiger partial charge in [-0.2, -0.15) is 4.68 Å². The maximum Gasteiger partial charge on any atom is 0.252 e. The van der Waals surface area contributed by atoms with Crippen LogP contribution in [0.1, 0.15) is 18.3 Å². The number of aromatic nitrogens is 5. The van der Waals surface area contributed by atoms with Crippen LogP contribution < -0.4 is 5.32 Å². The van der Waals surface area contributed by atoms with Crippen molar-refractivity contribution >= 4 is 12.4 Å². The number of hydrogen-bond acceptors (Lipinski definition) is 5. The van der Waals surface area contributed by atoms with Gasteiger partial charge in [0.25, 0.3) is 5.95 Å². The molecule has 0 aromatic carbocycles. The van der Waals surface area contributed by atoms with E-state index >= 15 is 0 Å². The van der Waals surface area contributed by atoms with Crippen LogP contribution in [0.4, 0.5) is 4.39 Å². The predicted octanol–water partition coefficient (Wildman–Crippen LogP) is 0.652. The molecule has 0 aliphatic carbocycles. The summed E-state index contributed by atoms with van der Waals surface area (Å²) in [6, 6.07) is 0.361. The molecule has 3 heterocycles. The highest BCUT2D eigenvalue weighted by molar-refractivity contribution is 5.85. The summed E-state index contributed by atoms with van der Waals surface area (Å²) in [5, 5.41) is 11.4. The lowest BCUT2D eigenvalue weighted by molar-refractivity contribution is 0.496. The van der Waals surface area contributed by atoms with Crippen molar-refractivity contribution in [2.75, 3.05) is 0 Å². The van der Waals surface area contributed by atoms with Gasteiger partial charge in [-0.25, -0.2) is 14.4 Å². The highest BCUT2D eigenvalue weighted by atomic mass is 35.5. The molecule has 0 unspecified atom stereocenters. The molecule has 96 valence electrons. The van der Waals surface area contributed by atoms with E-state index in [1.165, 1.54) is 0 Å². The van der Waals surface area contributed by atoms with Crippen LogP contribution in [-0.4, -0.2) is 31.0 Å². The Morgan fingerprint density at radius 3 is 2.83 bits per heavy atom. The second kappa shape index (κ2) is 4.95. The van der Waals surface area contributed by atoms with Gasteiger partial charge in [-0.05, 0) is 6.92 Å². The average molecular weight is 271 g/mol. The Kier molecular flexibility index (Phi) is 3.53. The van der Waals surface area contributed by atoms with Crippen LogP contribution in [0.25, 0.3) is 5.95 Å². The lowest BCUT2D eigenvalue weighted by Gasteiger charge is -2.19. The largest absolute Gasteiger partial charge is 0.308 e. The van der Waals surface area contributed by atoms with Gasteiger partial charge in [-0.1, -0.05) is 5.21 Å². The van der Waals surface area contributed by atoms with Gasteiger partial charge in [0.1, 0.15) is 5.69 Å². The molecule has 3 rings (SSSR count). The van der Waals surface area contributed by atoms with Gasteiger partial charge in [0.05, 0.1) is 18.1 Å². The molecule has 2 aromatic heterocycles. The van der Waals surface area contributed by atoms with Gasteiger partial charge in [0.2, 0.25) is 0 Å². The van der Waals surface area contributed by atoms with Crippen LogP contribution >= 0.6 is 12.4 Å². The van der Waals surface area contributed by atoms with Gasteiger partial charge < -0.3 is 5.32 Å². The highest BCUT2D eigenvalue weighted by Crippen LogP contribution is 2.16. The van der Waals surface area contributed by atoms with E-state index in [9.17, 15) is 4.39 Å². The zero-order valence-electron chi connectivity index (χ0n) is 9.67. The third-order valence-corrected chi connectivity index (χ3v) is 2.76. The first-order valence-corrected chi connectivity index (χ1v) is 5.39. The first kappa shape index (κ1) is 12.8. The van der Waals surface area contributed by atoms with Gasteiger partial charge in [0, 0.05) is 19.0 Å². The second-order valence-electron chi connectivity index (χ2n) is 4.08. The van der Waals surface area contributed by atoms with Crippen molar-refractivity contribution in [2.24, 2.45) is 0 Å². The molecular formula is C10H12ClFN6. The Labute approximate surface area is 109 Å². The minimum absolute atomic E-state index is 0. The summed E-state index contributed by atoms with van der Waals surface area (Å²) < 4.78 is 14.3. The van der Waals surface area contributed by atoms with Gasteiger partial charge in [-0.3, -0.25) is 0 Å². The van der Waals surface area contributed by atoms with Crippen molar-refractivity contribution in [3.8, 4) is 5.95 Å². The van der Waals surface area contributed by atoms with E-state index in [1.807, 2.05) is 0 Å². The zero-order valence-corrected chi connectivity index (χ0v) is 10.5. The van der Waals surface area contributed by atoms with Crippen molar-refractivity contribution in [3.05, 3.63) is 29.6 Å². The predicted molar refractivity (Wildman–Crippen MR) is 64.2 cm³/mol. The van der Waals surface area contributed by atoms with E-state index in [4.69, 9.17) is 0 Å². The lowest BCUT2D eigenvalue weighted by atomic mass is 10.1. The van der Waals surface area contributed by atoms with Crippen molar-refractivity contribution in [1.82, 2.24) is 30.3 Å². The minimum atomic E-state index is -0.460.